The van der Waals surface area contributed by atoms with Gasteiger partial charge in [0.2, 0.25) is 5.88 Å². The summed E-state index contributed by atoms with van der Waals surface area (Å²) in [5.41, 5.74) is 2.65. The molecule has 0 saturated carbocycles. The molecule has 0 fully saturated rings. The monoisotopic (exact) mass is 427 g/mol. The van der Waals surface area contributed by atoms with Gasteiger partial charge in [-0.25, -0.2) is 14.4 Å². The maximum atomic E-state index is 13.0. The van der Waals surface area contributed by atoms with Crippen LogP contribution in [0.15, 0.2) is 66.2 Å². The van der Waals surface area contributed by atoms with Crippen LogP contribution in [-0.4, -0.2) is 33.1 Å². The topological polar surface area (TPSA) is 58.0 Å². The zero-order valence-electron chi connectivity index (χ0n) is 17.4. The molecule has 0 bridgehead atoms. The van der Waals surface area contributed by atoms with Crippen molar-refractivity contribution in [1.29, 1.82) is 0 Å². The van der Waals surface area contributed by atoms with Gasteiger partial charge < -0.3 is 14.7 Å². The largest absolute Gasteiger partial charge is 0.474 e. The number of rotatable bonds is 7. The number of hydrogen-bond acceptors (Lipinski definition) is 6. The van der Waals surface area contributed by atoms with Gasteiger partial charge in [-0.2, -0.15) is 0 Å². The minimum absolute atomic E-state index is 0.165. The fraction of sp³-hybridized carbons (Fsp3) is 0.304. The summed E-state index contributed by atoms with van der Waals surface area (Å²) in [4.78, 5) is 10.8. The summed E-state index contributed by atoms with van der Waals surface area (Å²) in [7, 11) is 0. The third-order valence-corrected chi connectivity index (χ3v) is 5.37. The Kier molecular flexibility index (Phi) is 6.95. The molecule has 0 unspecified atom stereocenters. The highest BCUT2D eigenvalue weighted by molar-refractivity contribution is 8.14. The maximum absolute atomic E-state index is 13.0. The number of aromatic nitrogens is 1. The van der Waals surface area contributed by atoms with E-state index in [4.69, 9.17) is 4.74 Å². The van der Waals surface area contributed by atoms with Gasteiger partial charge in [-0.3, -0.25) is 0 Å². The summed E-state index contributed by atoms with van der Waals surface area (Å²) in [6.07, 6.45) is 6.12. The first-order chi connectivity index (χ1) is 14.2. The Bertz CT molecular complexity index is 965. The van der Waals surface area contributed by atoms with Crippen LogP contribution in [0.5, 0.6) is 5.88 Å². The molecule has 0 aliphatic carbocycles. The van der Waals surface area contributed by atoms with E-state index in [-0.39, 0.29) is 12.4 Å². The lowest BCUT2D eigenvalue weighted by molar-refractivity contribution is 0.0266. The molecule has 1 aromatic carbocycles. The number of pyridine rings is 1. The van der Waals surface area contributed by atoms with Crippen LogP contribution >= 0.6 is 11.8 Å². The fourth-order valence-electron chi connectivity index (χ4n) is 2.79. The Morgan fingerprint density at radius 2 is 2.00 bits per heavy atom. The molecular formula is C23H26FN3O2S. The van der Waals surface area contributed by atoms with Crippen LogP contribution in [0.3, 0.4) is 0 Å². The lowest BCUT2D eigenvalue weighted by Crippen LogP contribution is -2.28. The Labute approximate surface area is 181 Å². The second-order valence-electron chi connectivity index (χ2n) is 7.69. The molecule has 1 aliphatic heterocycles. The smallest absolute Gasteiger partial charge is 0.216 e. The number of aryl methyl sites for hydroxylation is 2. The van der Waals surface area contributed by atoms with Gasteiger partial charge in [0, 0.05) is 23.7 Å². The van der Waals surface area contributed by atoms with Crippen LogP contribution in [0.1, 0.15) is 25.0 Å². The number of benzene rings is 1. The standard InChI is InChI=1S/C23H26FN3O2S/c1-16-13-20(14-26-21(16)29-15-23(3,4)28)27-11-10-25-22(17(27)2)30-12-9-18-5-7-19(24)8-6-18/h5-8,10-11,13-14,28H,2,9,12,15H2,1,3-4H3. The molecule has 2 aromatic rings. The number of aliphatic imine (C=N–C) groups is 1. The summed E-state index contributed by atoms with van der Waals surface area (Å²) < 4.78 is 18.7. The van der Waals surface area contributed by atoms with E-state index in [0.717, 1.165) is 39.7 Å². The number of nitrogens with zero attached hydrogens (tertiary/aromatic N) is 3. The van der Waals surface area contributed by atoms with E-state index in [0.29, 0.717) is 5.88 Å². The van der Waals surface area contributed by atoms with Gasteiger partial charge in [-0.1, -0.05) is 18.7 Å². The van der Waals surface area contributed by atoms with Crippen LogP contribution in [0, 0.1) is 12.7 Å². The molecule has 0 radical (unpaired) electrons. The molecular weight excluding hydrogens is 401 g/mol. The second kappa shape index (κ2) is 9.45. The van der Waals surface area contributed by atoms with Crippen LogP contribution in [0.2, 0.25) is 0 Å². The first kappa shape index (κ1) is 22.1. The van der Waals surface area contributed by atoms with Crippen molar-refractivity contribution in [2.75, 3.05) is 17.3 Å². The number of thioether (sulfide) groups is 1. The molecule has 30 heavy (non-hydrogen) atoms. The minimum atomic E-state index is -0.923. The number of ether oxygens (including phenoxy) is 1. The van der Waals surface area contributed by atoms with Gasteiger partial charge in [0.15, 0.2) is 0 Å². The van der Waals surface area contributed by atoms with E-state index in [1.54, 1.807) is 50.1 Å². The Morgan fingerprint density at radius 1 is 1.27 bits per heavy atom. The van der Waals surface area contributed by atoms with Crippen molar-refractivity contribution in [3.63, 3.8) is 0 Å². The SMILES string of the molecule is C=C1C(SCCc2ccc(F)cc2)=NC=CN1c1cnc(OCC(C)(C)O)c(C)c1. The number of halogens is 1. The summed E-state index contributed by atoms with van der Waals surface area (Å²) in [5, 5.41) is 10.7. The van der Waals surface area contributed by atoms with Crippen molar-refractivity contribution in [2.24, 2.45) is 4.99 Å². The van der Waals surface area contributed by atoms with Crippen molar-refractivity contribution < 1.29 is 14.2 Å². The van der Waals surface area contributed by atoms with E-state index in [1.165, 1.54) is 12.1 Å². The lowest BCUT2D eigenvalue weighted by atomic mass is 10.2. The Hall–Kier alpha value is -2.64. The third-order valence-electron chi connectivity index (χ3n) is 4.34. The predicted octanol–water partition coefficient (Wildman–Crippen LogP) is 4.86. The molecule has 7 heteroatoms. The molecule has 158 valence electrons. The number of hydrogen-bond donors (Lipinski definition) is 1. The first-order valence-corrected chi connectivity index (χ1v) is 10.6. The Balaban J connectivity index is 1.61. The van der Waals surface area contributed by atoms with Crippen LogP contribution in [-0.2, 0) is 6.42 Å². The average Bonchev–Trinajstić information content (AvgIpc) is 2.69. The molecule has 5 nitrogen and oxygen atoms in total. The minimum Gasteiger partial charge on any atom is -0.474 e. The fourth-order valence-corrected chi connectivity index (χ4v) is 3.72. The maximum Gasteiger partial charge on any atom is 0.216 e. The van der Waals surface area contributed by atoms with Gasteiger partial charge in [0.25, 0.3) is 0 Å². The highest BCUT2D eigenvalue weighted by atomic mass is 32.2. The number of aliphatic hydroxyl groups is 1. The summed E-state index contributed by atoms with van der Waals surface area (Å²) >= 11 is 1.61. The van der Waals surface area contributed by atoms with Crippen LogP contribution in [0.4, 0.5) is 10.1 Å². The molecule has 2 heterocycles. The molecule has 0 amide bonds. The van der Waals surface area contributed by atoms with Gasteiger partial charge in [-0.15, -0.1) is 11.8 Å². The Morgan fingerprint density at radius 3 is 2.67 bits per heavy atom. The summed E-state index contributed by atoms with van der Waals surface area (Å²) in [6, 6.07) is 8.52. The normalized spacial score (nSPS) is 14.1. The van der Waals surface area contributed by atoms with E-state index >= 15 is 0 Å². The van der Waals surface area contributed by atoms with Crippen LogP contribution in [0.25, 0.3) is 0 Å². The zero-order valence-corrected chi connectivity index (χ0v) is 18.2. The molecule has 1 aliphatic rings. The van der Waals surface area contributed by atoms with Gasteiger partial charge in [0.05, 0.1) is 23.2 Å². The molecule has 3 rings (SSSR count). The molecule has 0 spiro atoms. The van der Waals surface area contributed by atoms with E-state index in [2.05, 4.69) is 16.6 Å². The quantitative estimate of drug-likeness (QED) is 0.684. The third kappa shape index (κ3) is 5.93. The van der Waals surface area contributed by atoms with Crippen molar-refractivity contribution in [1.82, 2.24) is 4.98 Å². The first-order valence-electron chi connectivity index (χ1n) is 9.65. The lowest BCUT2D eigenvalue weighted by Gasteiger charge is -2.26. The number of anilines is 1. The average molecular weight is 428 g/mol. The van der Waals surface area contributed by atoms with E-state index in [9.17, 15) is 9.50 Å². The van der Waals surface area contributed by atoms with Crippen molar-refractivity contribution in [3.8, 4) is 5.88 Å². The summed E-state index contributed by atoms with van der Waals surface area (Å²) in [5.74, 6) is 1.08. The predicted molar refractivity (Wildman–Crippen MR) is 122 cm³/mol. The van der Waals surface area contributed by atoms with Crippen LogP contribution < -0.4 is 9.64 Å². The molecule has 1 N–H and O–H groups in total. The summed E-state index contributed by atoms with van der Waals surface area (Å²) in [6.45, 7) is 9.65. The highest BCUT2D eigenvalue weighted by Crippen LogP contribution is 2.29. The van der Waals surface area contributed by atoms with Crippen molar-refractivity contribution in [2.45, 2.75) is 32.8 Å². The van der Waals surface area contributed by atoms with Gasteiger partial charge in [-0.05, 0) is 51.0 Å². The second-order valence-corrected chi connectivity index (χ2v) is 8.77. The van der Waals surface area contributed by atoms with E-state index < -0.39 is 5.60 Å². The van der Waals surface area contributed by atoms with Gasteiger partial charge in [0.1, 0.15) is 17.5 Å². The highest BCUT2D eigenvalue weighted by Gasteiger charge is 2.19. The van der Waals surface area contributed by atoms with Crippen molar-refractivity contribution in [3.05, 3.63) is 78.1 Å². The molecule has 0 atom stereocenters. The molecule has 1 aromatic heterocycles. The van der Waals surface area contributed by atoms with E-state index in [1.807, 2.05) is 24.1 Å². The molecule has 0 saturated heterocycles. The van der Waals surface area contributed by atoms with Gasteiger partial charge >= 0.3 is 0 Å². The zero-order chi connectivity index (χ0) is 21.7. The van der Waals surface area contributed by atoms with Crippen molar-refractivity contribution >= 4 is 22.5 Å².